The smallest absolute Gasteiger partial charge is 0.338 e. The Bertz CT molecular complexity index is 1260. The van der Waals surface area contributed by atoms with Crippen molar-refractivity contribution in [1.29, 1.82) is 0 Å². The highest BCUT2D eigenvalue weighted by atomic mass is 32.1. The zero-order chi connectivity index (χ0) is 25.4. The summed E-state index contributed by atoms with van der Waals surface area (Å²) in [4.78, 5) is 30.0. The van der Waals surface area contributed by atoms with Crippen LogP contribution in [0.15, 0.2) is 58.5 Å². The molecule has 1 aromatic heterocycles. The van der Waals surface area contributed by atoms with Crippen molar-refractivity contribution in [3.8, 4) is 5.75 Å². The van der Waals surface area contributed by atoms with Crippen LogP contribution in [0.3, 0.4) is 0 Å². The number of ether oxygens (including phenoxy) is 2. The molecule has 3 aliphatic rings. The second-order valence-electron chi connectivity index (χ2n) is 9.71. The van der Waals surface area contributed by atoms with Gasteiger partial charge in [-0.25, -0.2) is 4.79 Å². The van der Waals surface area contributed by atoms with Crippen molar-refractivity contribution in [3.05, 3.63) is 75.3 Å². The quantitative estimate of drug-likeness (QED) is 0.472. The third-order valence-electron chi connectivity index (χ3n) is 7.38. The summed E-state index contributed by atoms with van der Waals surface area (Å²) in [6.45, 7) is 6.96. The number of hydrogen-bond acceptors (Lipinski definition) is 6. The van der Waals surface area contributed by atoms with Gasteiger partial charge in [0, 0.05) is 43.0 Å². The van der Waals surface area contributed by atoms with E-state index in [0.29, 0.717) is 41.5 Å². The Morgan fingerprint density at radius 2 is 1.92 bits per heavy atom. The summed E-state index contributed by atoms with van der Waals surface area (Å²) in [6, 6.07) is 12.9. The number of fused-ring (bicyclic) bond motifs is 4. The molecular formula is C27H32N4O4S. The fraction of sp³-hybridized carbons (Fsp3) is 0.444. The second-order valence-corrected chi connectivity index (χ2v) is 10.1. The molecule has 3 aliphatic heterocycles. The first-order valence-electron chi connectivity index (χ1n) is 12.4. The minimum atomic E-state index is -0.389. The average molecular weight is 509 g/mol. The van der Waals surface area contributed by atoms with Gasteiger partial charge < -0.3 is 24.3 Å². The van der Waals surface area contributed by atoms with Crippen molar-refractivity contribution in [3.63, 3.8) is 0 Å². The van der Waals surface area contributed by atoms with Crippen molar-refractivity contribution in [1.82, 2.24) is 19.7 Å². The summed E-state index contributed by atoms with van der Waals surface area (Å²) in [5.41, 5.74) is 3.40. The topological polar surface area (TPSA) is 76.0 Å². The zero-order valence-corrected chi connectivity index (χ0v) is 21.7. The lowest BCUT2D eigenvalue weighted by Crippen LogP contribution is -2.55. The van der Waals surface area contributed by atoms with Gasteiger partial charge in [0.15, 0.2) is 5.11 Å². The number of allylic oxidation sites excluding steroid dienone is 1. The first-order valence-corrected chi connectivity index (χ1v) is 12.8. The fourth-order valence-electron chi connectivity index (χ4n) is 5.86. The minimum Gasteiger partial charge on any atom is -0.497 e. The molecule has 9 heteroatoms. The lowest BCUT2D eigenvalue weighted by atomic mass is 9.83. The van der Waals surface area contributed by atoms with Gasteiger partial charge in [-0.1, -0.05) is 18.2 Å². The van der Waals surface area contributed by atoms with Gasteiger partial charge in [-0.2, -0.15) is 0 Å². The van der Waals surface area contributed by atoms with Gasteiger partial charge in [0.05, 0.1) is 32.0 Å². The van der Waals surface area contributed by atoms with Crippen LogP contribution < -0.4 is 15.6 Å². The van der Waals surface area contributed by atoms with Crippen molar-refractivity contribution in [2.24, 2.45) is 5.92 Å². The Labute approximate surface area is 216 Å². The number of piperidine rings is 1. The Hall–Kier alpha value is -3.17. The Morgan fingerprint density at radius 3 is 2.64 bits per heavy atom. The molecule has 5 rings (SSSR count). The van der Waals surface area contributed by atoms with E-state index in [1.165, 1.54) is 0 Å². The second kappa shape index (κ2) is 10.1. The third-order valence-corrected chi connectivity index (χ3v) is 7.72. The van der Waals surface area contributed by atoms with Crippen LogP contribution in [0.5, 0.6) is 5.75 Å². The van der Waals surface area contributed by atoms with Crippen LogP contribution >= 0.6 is 12.2 Å². The summed E-state index contributed by atoms with van der Waals surface area (Å²) < 4.78 is 12.7. The Kier molecular flexibility index (Phi) is 6.85. The van der Waals surface area contributed by atoms with Gasteiger partial charge in [-0.3, -0.25) is 9.69 Å². The lowest BCUT2D eigenvalue weighted by molar-refractivity contribution is -0.139. The minimum absolute atomic E-state index is 0.0799. The maximum Gasteiger partial charge on any atom is 0.338 e. The van der Waals surface area contributed by atoms with Crippen LogP contribution in [0.1, 0.15) is 43.5 Å². The van der Waals surface area contributed by atoms with Gasteiger partial charge in [0.2, 0.25) is 0 Å². The molecular weight excluding hydrogens is 476 g/mol. The standard InChI is InChI=1S/C27H32N4O4S/c1-4-35-26(33)24-17(2)28-27(36)31(25(24)19-8-10-21(34-3)11-9-19)16-29-13-18-12-20(15-29)22-6-5-7-23(32)30(22)14-18/h5-11,18,20,25H,4,12-16H2,1-3H3,(H,28,36)/t18-,20+,25?/m1/s1. The molecule has 36 heavy (non-hydrogen) atoms. The molecule has 0 saturated carbocycles. The average Bonchev–Trinajstić information content (AvgIpc) is 2.86. The van der Waals surface area contributed by atoms with Gasteiger partial charge in [-0.15, -0.1) is 0 Å². The number of likely N-dealkylation sites (tertiary alicyclic amines) is 1. The van der Waals surface area contributed by atoms with E-state index in [1.54, 1.807) is 13.2 Å². The molecule has 2 bridgehead atoms. The third kappa shape index (κ3) is 4.53. The molecule has 190 valence electrons. The number of carbonyl (C=O) groups excluding carboxylic acids is 1. The molecule has 2 aromatic rings. The summed E-state index contributed by atoms with van der Waals surface area (Å²) >= 11 is 5.82. The van der Waals surface area contributed by atoms with E-state index in [1.807, 2.05) is 48.7 Å². The van der Waals surface area contributed by atoms with Crippen LogP contribution in [0.4, 0.5) is 0 Å². The van der Waals surface area contributed by atoms with Crippen LogP contribution in [-0.4, -0.2) is 58.9 Å². The first kappa shape index (κ1) is 24.5. The maximum atomic E-state index is 13.1. The summed E-state index contributed by atoms with van der Waals surface area (Å²) in [5.74, 6) is 1.08. The largest absolute Gasteiger partial charge is 0.497 e. The summed E-state index contributed by atoms with van der Waals surface area (Å²) in [6.07, 6.45) is 1.08. The number of hydrogen-bond donors (Lipinski definition) is 1. The van der Waals surface area contributed by atoms with E-state index in [2.05, 4.69) is 21.2 Å². The van der Waals surface area contributed by atoms with E-state index in [9.17, 15) is 9.59 Å². The van der Waals surface area contributed by atoms with E-state index in [4.69, 9.17) is 21.7 Å². The number of methoxy groups -OCH3 is 1. The van der Waals surface area contributed by atoms with Crippen molar-refractivity contribution in [2.75, 3.05) is 33.5 Å². The molecule has 1 unspecified atom stereocenters. The van der Waals surface area contributed by atoms with E-state index in [0.717, 1.165) is 43.1 Å². The van der Waals surface area contributed by atoms with Crippen molar-refractivity contribution in [2.45, 2.75) is 38.8 Å². The highest BCUT2D eigenvalue weighted by Crippen LogP contribution is 2.38. The Morgan fingerprint density at radius 1 is 1.14 bits per heavy atom. The molecule has 3 atom stereocenters. The molecule has 4 heterocycles. The SMILES string of the molecule is CCOC(=O)C1=C(C)NC(=S)N(CN2C[C@H]3C[C@@H](C2)c2cccc(=O)n2C3)C1c1ccc(OC)cc1. The molecule has 0 radical (unpaired) electrons. The molecule has 1 saturated heterocycles. The molecule has 1 fully saturated rings. The molecule has 0 amide bonds. The van der Waals surface area contributed by atoms with Crippen LogP contribution in [-0.2, 0) is 16.1 Å². The predicted octanol–water partition coefficient (Wildman–Crippen LogP) is 3.00. The number of benzene rings is 1. The zero-order valence-electron chi connectivity index (χ0n) is 20.9. The molecule has 1 aromatic carbocycles. The van der Waals surface area contributed by atoms with E-state index < -0.39 is 0 Å². The molecule has 1 N–H and O–H groups in total. The number of aromatic nitrogens is 1. The number of esters is 1. The fourth-order valence-corrected chi connectivity index (χ4v) is 6.17. The van der Waals surface area contributed by atoms with Crippen LogP contribution in [0.25, 0.3) is 0 Å². The predicted molar refractivity (Wildman–Crippen MR) is 141 cm³/mol. The van der Waals surface area contributed by atoms with Crippen LogP contribution in [0, 0.1) is 5.92 Å². The Balaban J connectivity index is 1.47. The summed E-state index contributed by atoms with van der Waals surface area (Å²) in [5, 5.41) is 3.82. The van der Waals surface area contributed by atoms with Crippen LogP contribution in [0.2, 0.25) is 0 Å². The molecule has 0 spiro atoms. The van der Waals surface area contributed by atoms with E-state index in [-0.39, 0.29) is 17.6 Å². The lowest BCUT2D eigenvalue weighted by Gasteiger charge is -2.47. The summed E-state index contributed by atoms with van der Waals surface area (Å²) in [7, 11) is 1.63. The van der Waals surface area contributed by atoms with Gasteiger partial charge >= 0.3 is 5.97 Å². The van der Waals surface area contributed by atoms with E-state index >= 15 is 0 Å². The van der Waals surface area contributed by atoms with Gasteiger partial charge in [0.1, 0.15) is 5.75 Å². The molecule has 0 aliphatic carbocycles. The maximum absolute atomic E-state index is 13.1. The molecule has 8 nitrogen and oxygen atoms in total. The highest BCUT2D eigenvalue weighted by Gasteiger charge is 2.40. The normalized spacial score (nSPS) is 23.7. The number of thiocarbonyl (C=S) groups is 1. The van der Waals surface area contributed by atoms with Gasteiger partial charge in [0.25, 0.3) is 5.56 Å². The number of carbonyl (C=O) groups is 1. The monoisotopic (exact) mass is 508 g/mol. The highest BCUT2D eigenvalue weighted by molar-refractivity contribution is 7.80. The van der Waals surface area contributed by atoms with Gasteiger partial charge in [-0.05, 0) is 62.2 Å². The number of nitrogens with zero attached hydrogens (tertiary/aromatic N) is 3. The number of nitrogens with one attached hydrogen (secondary N) is 1. The van der Waals surface area contributed by atoms with Crippen molar-refractivity contribution >= 4 is 23.3 Å². The van der Waals surface area contributed by atoms with Crippen molar-refractivity contribution < 1.29 is 14.3 Å². The number of pyridine rings is 1. The first-order chi connectivity index (χ1) is 17.4. The number of rotatable bonds is 6.